The third kappa shape index (κ3) is 3.83. The predicted molar refractivity (Wildman–Crippen MR) is 80.9 cm³/mol. The Kier molecular flexibility index (Phi) is 4.65. The number of rotatable bonds is 4. The molecule has 1 aromatic heterocycles. The molecular formula is C15H24N4O2. The third-order valence-electron chi connectivity index (χ3n) is 4.36. The van der Waals surface area contributed by atoms with E-state index in [0.29, 0.717) is 23.4 Å². The molecule has 1 heterocycles. The molecule has 2 amide bonds. The lowest BCUT2D eigenvalue weighted by Crippen LogP contribution is -2.39. The molecule has 6 heteroatoms. The molecule has 0 bridgehead atoms. The van der Waals surface area contributed by atoms with Crippen LogP contribution in [0.1, 0.15) is 56.9 Å². The number of anilines is 1. The third-order valence-corrected chi connectivity index (χ3v) is 4.36. The van der Waals surface area contributed by atoms with Gasteiger partial charge >= 0.3 is 0 Å². The number of hydrogen-bond donors (Lipinski definition) is 3. The highest BCUT2D eigenvalue weighted by Crippen LogP contribution is 2.37. The van der Waals surface area contributed by atoms with Crippen molar-refractivity contribution in [3.8, 4) is 0 Å². The van der Waals surface area contributed by atoms with Crippen molar-refractivity contribution in [1.29, 1.82) is 0 Å². The van der Waals surface area contributed by atoms with E-state index < -0.39 is 0 Å². The summed E-state index contributed by atoms with van der Waals surface area (Å²) in [6.07, 6.45) is 6.29. The topological polar surface area (TPSA) is 86.9 Å². The number of aromatic amines is 1. The molecule has 2 rings (SSSR count). The molecule has 0 saturated heterocycles. The minimum atomic E-state index is -0.236. The molecule has 6 nitrogen and oxygen atoms in total. The first kappa shape index (κ1) is 15.5. The van der Waals surface area contributed by atoms with Crippen LogP contribution in [0.15, 0.2) is 6.20 Å². The van der Waals surface area contributed by atoms with E-state index in [1.807, 2.05) is 0 Å². The van der Waals surface area contributed by atoms with Gasteiger partial charge in [-0.15, -0.1) is 0 Å². The summed E-state index contributed by atoms with van der Waals surface area (Å²) in [6, 6.07) is 0.192. The quantitative estimate of drug-likeness (QED) is 0.744. The van der Waals surface area contributed by atoms with Crippen molar-refractivity contribution in [2.75, 3.05) is 5.32 Å². The smallest absolute Gasteiger partial charge is 0.274 e. The average Bonchev–Trinajstić information content (AvgIpc) is 2.87. The summed E-state index contributed by atoms with van der Waals surface area (Å²) >= 11 is 0. The average molecular weight is 292 g/mol. The van der Waals surface area contributed by atoms with E-state index >= 15 is 0 Å². The van der Waals surface area contributed by atoms with Crippen LogP contribution < -0.4 is 10.6 Å². The number of nitrogens with one attached hydrogen (secondary N) is 3. The van der Waals surface area contributed by atoms with E-state index in [1.165, 1.54) is 6.20 Å². The van der Waals surface area contributed by atoms with Gasteiger partial charge in [-0.3, -0.25) is 14.7 Å². The van der Waals surface area contributed by atoms with Crippen molar-refractivity contribution < 1.29 is 9.59 Å². The fourth-order valence-electron chi connectivity index (χ4n) is 2.99. The second kappa shape index (κ2) is 6.28. The highest BCUT2D eigenvalue weighted by molar-refractivity contribution is 5.99. The Labute approximate surface area is 125 Å². The van der Waals surface area contributed by atoms with Gasteiger partial charge in [0.25, 0.3) is 5.91 Å². The van der Waals surface area contributed by atoms with E-state index in [0.717, 1.165) is 25.7 Å². The number of nitrogens with zero attached hydrogens (tertiary/aromatic N) is 1. The molecule has 0 radical (unpaired) electrons. The summed E-state index contributed by atoms with van der Waals surface area (Å²) in [7, 11) is 0. The van der Waals surface area contributed by atoms with Crippen LogP contribution in [-0.4, -0.2) is 28.6 Å². The van der Waals surface area contributed by atoms with Gasteiger partial charge in [0.15, 0.2) is 5.69 Å². The second-order valence-corrected chi connectivity index (χ2v) is 6.80. The van der Waals surface area contributed by atoms with Gasteiger partial charge in [-0.1, -0.05) is 20.8 Å². The number of carbonyl (C=O) groups excluding carboxylic acids is 2. The number of carbonyl (C=O) groups is 2. The van der Waals surface area contributed by atoms with Crippen LogP contribution in [0, 0.1) is 11.3 Å². The lowest BCUT2D eigenvalue weighted by molar-refractivity contribution is -0.105. The Hall–Kier alpha value is -1.85. The summed E-state index contributed by atoms with van der Waals surface area (Å²) in [4.78, 5) is 22.7. The number of H-pyrrole nitrogens is 1. The fourth-order valence-corrected chi connectivity index (χ4v) is 2.99. The zero-order chi connectivity index (χ0) is 15.5. The minimum Gasteiger partial charge on any atom is -0.348 e. The number of aromatic nitrogens is 2. The highest BCUT2D eigenvalue weighted by Gasteiger charge is 2.30. The van der Waals surface area contributed by atoms with Crippen molar-refractivity contribution in [3.63, 3.8) is 0 Å². The second-order valence-electron chi connectivity index (χ2n) is 6.80. The van der Waals surface area contributed by atoms with Crippen LogP contribution in [-0.2, 0) is 4.79 Å². The molecule has 1 aromatic rings. The summed E-state index contributed by atoms with van der Waals surface area (Å²) in [6.45, 7) is 6.83. The molecule has 116 valence electrons. The maximum absolute atomic E-state index is 12.2. The molecule has 21 heavy (non-hydrogen) atoms. The SMILES string of the molecule is CC(C)(C)C1CCC(NC(=O)c2n[nH]cc2NC=O)CC1. The molecule has 1 aliphatic carbocycles. The Morgan fingerprint density at radius 1 is 1.33 bits per heavy atom. The van der Waals surface area contributed by atoms with E-state index in [1.54, 1.807) is 0 Å². The molecule has 0 aromatic carbocycles. The molecule has 0 spiro atoms. The summed E-state index contributed by atoms with van der Waals surface area (Å²) in [5, 5.41) is 12.0. The van der Waals surface area contributed by atoms with Crippen molar-refractivity contribution in [2.24, 2.45) is 11.3 Å². The maximum Gasteiger partial charge on any atom is 0.274 e. The highest BCUT2D eigenvalue weighted by atomic mass is 16.2. The first-order chi connectivity index (χ1) is 9.91. The summed E-state index contributed by atoms with van der Waals surface area (Å²) < 4.78 is 0. The first-order valence-corrected chi connectivity index (χ1v) is 7.46. The van der Waals surface area contributed by atoms with E-state index in [9.17, 15) is 9.59 Å². The van der Waals surface area contributed by atoms with E-state index in [4.69, 9.17) is 0 Å². The van der Waals surface area contributed by atoms with Gasteiger partial charge < -0.3 is 10.6 Å². The van der Waals surface area contributed by atoms with E-state index in [2.05, 4.69) is 41.6 Å². The standard InChI is InChI=1S/C15H24N4O2/c1-15(2,3)10-4-6-11(7-5-10)18-14(21)13-12(16-9-20)8-17-19-13/h8-11H,4-7H2,1-3H3,(H,16,20)(H,17,19)(H,18,21). The van der Waals surface area contributed by atoms with Crippen molar-refractivity contribution in [3.05, 3.63) is 11.9 Å². The zero-order valence-corrected chi connectivity index (χ0v) is 12.9. The molecule has 0 unspecified atom stereocenters. The lowest BCUT2D eigenvalue weighted by Gasteiger charge is -2.37. The molecule has 1 fully saturated rings. The molecule has 1 aliphatic rings. The first-order valence-electron chi connectivity index (χ1n) is 7.46. The predicted octanol–water partition coefficient (Wildman–Crippen LogP) is 2.31. The van der Waals surface area contributed by atoms with Gasteiger partial charge in [-0.05, 0) is 37.0 Å². The van der Waals surface area contributed by atoms with E-state index in [-0.39, 0.29) is 17.6 Å². The zero-order valence-electron chi connectivity index (χ0n) is 12.9. The molecular weight excluding hydrogens is 268 g/mol. The fraction of sp³-hybridized carbons (Fsp3) is 0.667. The minimum absolute atomic E-state index is 0.192. The van der Waals surface area contributed by atoms with Crippen LogP contribution in [0.5, 0.6) is 0 Å². The molecule has 0 atom stereocenters. The van der Waals surface area contributed by atoms with Crippen LogP contribution in [0.2, 0.25) is 0 Å². The van der Waals surface area contributed by atoms with Crippen molar-refractivity contribution in [2.45, 2.75) is 52.5 Å². The molecule has 0 aliphatic heterocycles. The Balaban J connectivity index is 1.90. The van der Waals surface area contributed by atoms with Crippen LogP contribution >= 0.6 is 0 Å². The molecule has 3 N–H and O–H groups in total. The Morgan fingerprint density at radius 3 is 2.57 bits per heavy atom. The van der Waals surface area contributed by atoms with Crippen molar-refractivity contribution >= 4 is 18.0 Å². The number of hydrogen-bond acceptors (Lipinski definition) is 3. The van der Waals surface area contributed by atoms with Gasteiger partial charge in [-0.2, -0.15) is 5.10 Å². The van der Waals surface area contributed by atoms with Gasteiger partial charge in [0.2, 0.25) is 6.41 Å². The summed E-state index contributed by atoms with van der Waals surface area (Å²) in [5.74, 6) is 0.475. The van der Waals surface area contributed by atoms with Gasteiger partial charge in [0, 0.05) is 12.2 Å². The summed E-state index contributed by atoms with van der Waals surface area (Å²) in [5.41, 5.74) is 0.976. The van der Waals surface area contributed by atoms with Crippen molar-refractivity contribution in [1.82, 2.24) is 15.5 Å². The van der Waals surface area contributed by atoms with Gasteiger partial charge in [0.1, 0.15) is 0 Å². The molecule has 1 saturated carbocycles. The Morgan fingerprint density at radius 2 is 2.00 bits per heavy atom. The van der Waals surface area contributed by atoms with Crippen LogP contribution in [0.25, 0.3) is 0 Å². The maximum atomic E-state index is 12.2. The van der Waals surface area contributed by atoms with Crippen LogP contribution in [0.4, 0.5) is 5.69 Å². The monoisotopic (exact) mass is 292 g/mol. The van der Waals surface area contributed by atoms with Gasteiger partial charge in [0.05, 0.1) is 5.69 Å². The Bertz CT molecular complexity index is 496. The number of amides is 2. The lowest BCUT2D eigenvalue weighted by atomic mass is 9.71. The normalized spacial score (nSPS) is 22.6. The van der Waals surface area contributed by atoms with Gasteiger partial charge in [-0.25, -0.2) is 0 Å². The van der Waals surface area contributed by atoms with Crippen LogP contribution in [0.3, 0.4) is 0 Å². The largest absolute Gasteiger partial charge is 0.348 e.